The van der Waals surface area contributed by atoms with E-state index < -0.39 is 5.91 Å². The van der Waals surface area contributed by atoms with Crippen LogP contribution in [0.2, 0.25) is 0 Å². The highest BCUT2D eigenvalue weighted by Crippen LogP contribution is 2.22. The van der Waals surface area contributed by atoms with Gasteiger partial charge in [0.05, 0.1) is 0 Å². The van der Waals surface area contributed by atoms with Crippen molar-refractivity contribution in [3.63, 3.8) is 0 Å². The summed E-state index contributed by atoms with van der Waals surface area (Å²) in [6.07, 6.45) is 0. The van der Waals surface area contributed by atoms with Crippen LogP contribution in [0.15, 0.2) is 29.1 Å². The number of amides is 1. The number of aromatic nitrogens is 5. The van der Waals surface area contributed by atoms with Crippen LogP contribution >= 0.6 is 11.5 Å². The van der Waals surface area contributed by atoms with Crippen molar-refractivity contribution in [2.24, 2.45) is 7.05 Å². The number of nitrogens with one attached hydrogen (secondary N) is 2. The van der Waals surface area contributed by atoms with Crippen LogP contribution in [0.4, 0.5) is 5.69 Å². The second-order valence-corrected chi connectivity index (χ2v) is 5.45. The fourth-order valence-electron chi connectivity index (χ4n) is 1.85. The molecule has 3 aromatic rings. The summed E-state index contributed by atoms with van der Waals surface area (Å²) >= 11 is 0.954. The van der Waals surface area contributed by atoms with Crippen LogP contribution in [0.1, 0.15) is 16.1 Å². The van der Waals surface area contributed by atoms with Crippen LogP contribution in [0.25, 0.3) is 10.6 Å². The zero-order valence-electron chi connectivity index (χ0n) is 11.8. The van der Waals surface area contributed by atoms with E-state index in [0.29, 0.717) is 10.6 Å². The number of carbonyl (C=O) groups excluding carboxylic acids is 1. The number of hydrogen-bond donors (Lipinski definition) is 2. The van der Waals surface area contributed by atoms with Gasteiger partial charge >= 0.3 is 0 Å². The molecule has 2 aromatic heterocycles. The maximum Gasteiger partial charge on any atom is 0.295 e. The fourth-order valence-corrected chi connectivity index (χ4v) is 2.49. The Bertz CT molecular complexity index is 877. The SMILES string of the molecule is Cc1ccc(NC(=O)c2nnsc2-c2n[nH]n(C)c2=O)cc1. The van der Waals surface area contributed by atoms with Crippen LogP contribution in [0.3, 0.4) is 0 Å². The Kier molecular flexibility index (Phi) is 3.55. The minimum atomic E-state index is -0.433. The van der Waals surface area contributed by atoms with Crippen molar-refractivity contribution < 1.29 is 4.79 Å². The van der Waals surface area contributed by atoms with Crippen LogP contribution in [0.5, 0.6) is 0 Å². The number of hydrogen-bond acceptors (Lipinski definition) is 6. The molecule has 0 unspecified atom stereocenters. The number of aromatic amines is 1. The molecule has 1 aromatic carbocycles. The fraction of sp³-hybridized carbons (Fsp3) is 0.154. The van der Waals surface area contributed by atoms with Crippen molar-refractivity contribution in [1.82, 2.24) is 24.6 Å². The smallest absolute Gasteiger partial charge is 0.295 e. The van der Waals surface area contributed by atoms with Crippen molar-refractivity contribution >= 4 is 23.1 Å². The summed E-state index contributed by atoms with van der Waals surface area (Å²) in [5.74, 6) is -0.433. The lowest BCUT2D eigenvalue weighted by Crippen LogP contribution is -2.16. The largest absolute Gasteiger partial charge is 0.321 e. The van der Waals surface area contributed by atoms with Crippen molar-refractivity contribution in [3.05, 3.63) is 45.9 Å². The topological polar surface area (TPSA) is 106 Å². The molecule has 2 heterocycles. The molecule has 0 saturated carbocycles. The van der Waals surface area contributed by atoms with E-state index in [1.165, 1.54) is 4.68 Å². The second-order valence-electron chi connectivity index (χ2n) is 4.70. The lowest BCUT2D eigenvalue weighted by atomic mass is 10.2. The maximum absolute atomic E-state index is 12.3. The van der Waals surface area contributed by atoms with Crippen molar-refractivity contribution in [2.45, 2.75) is 6.92 Å². The van der Waals surface area contributed by atoms with E-state index in [-0.39, 0.29) is 16.9 Å². The van der Waals surface area contributed by atoms with E-state index in [1.807, 2.05) is 19.1 Å². The number of nitrogens with zero attached hydrogens (tertiary/aromatic N) is 4. The summed E-state index contributed by atoms with van der Waals surface area (Å²) in [5, 5.41) is 13.0. The van der Waals surface area contributed by atoms with Gasteiger partial charge in [0.25, 0.3) is 11.5 Å². The molecule has 0 fully saturated rings. The monoisotopic (exact) mass is 316 g/mol. The standard InChI is InChI=1S/C13H12N6O2S/c1-7-3-5-8(6-4-7)14-12(20)9-11(22-18-16-9)10-13(21)19(2)17-15-10/h3-6,17H,1-2H3,(H,14,20). The van der Waals surface area contributed by atoms with Crippen LogP contribution in [-0.4, -0.2) is 30.5 Å². The van der Waals surface area contributed by atoms with E-state index >= 15 is 0 Å². The van der Waals surface area contributed by atoms with Gasteiger partial charge in [-0.3, -0.25) is 9.59 Å². The van der Waals surface area contributed by atoms with Crippen LogP contribution < -0.4 is 10.9 Å². The number of H-pyrrole nitrogens is 1. The third-order valence-electron chi connectivity index (χ3n) is 3.05. The first-order valence-corrected chi connectivity index (χ1v) is 7.15. The normalized spacial score (nSPS) is 10.6. The van der Waals surface area contributed by atoms with Gasteiger partial charge in [0, 0.05) is 12.7 Å². The predicted octanol–water partition coefficient (Wildman–Crippen LogP) is 1.19. The Morgan fingerprint density at radius 3 is 2.68 bits per heavy atom. The minimum Gasteiger partial charge on any atom is -0.321 e. The van der Waals surface area contributed by atoms with Gasteiger partial charge in [-0.2, -0.15) is 5.10 Å². The quantitative estimate of drug-likeness (QED) is 0.755. The molecule has 0 saturated heterocycles. The van der Waals surface area contributed by atoms with E-state index in [2.05, 4.69) is 25.2 Å². The summed E-state index contributed by atoms with van der Waals surface area (Å²) in [4.78, 5) is 24.6. The Morgan fingerprint density at radius 1 is 1.32 bits per heavy atom. The Balaban J connectivity index is 1.91. The molecule has 9 heteroatoms. The lowest BCUT2D eigenvalue weighted by molar-refractivity contribution is 0.102. The van der Waals surface area contributed by atoms with Crippen LogP contribution in [-0.2, 0) is 7.05 Å². The van der Waals surface area contributed by atoms with Gasteiger partial charge in [0.2, 0.25) is 0 Å². The van der Waals surface area contributed by atoms with E-state index in [9.17, 15) is 9.59 Å². The molecule has 0 atom stereocenters. The first kappa shape index (κ1) is 14.1. The number of benzene rings is 1. The van der Waals surface area contributed by atoms with Gasteiger partial charge < -0.3 is 5.32 Å². The van der Waals surface area contributed by atoms with E-state index in [0.717, 1.165) is 17.1 Å². The maximum atomic E-state index is 12.3. The van der Waals surface area contributed by atoms with Gasteiger partial charge in [0.15, 0.2) is 11.4 Å². The molecule has 0 aliphatic heterocycles. The van der Waals surface area contributed by atoms with E-state index in [1.54, 1.807) is 19.2 Å². The summed E-state index contributed by atoms with van der Waals surface area (Å²) in [6.45, 7) is 1.96. The molecule has 8 nitrogen and oxygen atoms in total. The van der Waals surface area contributed by atoms with Gasteiger partial charge in [-0.25, -0.2) is 9.90 Å². The number of anilines is 1. The molecule has 3 rings (SSSR count). The van der Waals surface area contributed by atoms with Gasteiger partial charge in [-0.05, 0) is 30.6 Å². The number of aryl methyl sites for hydroxylation is 2. The zero-order chi connectivity index (χ0) is 15.7. The lowest BCUT2D eigenvalue weighted by Gasteiger charge is -2.03. The van der Waals surface area contributed by atoms with Gasteiger partial charge in [-0.15, -0.1) is 5.10 Å². The first-order chi connectivity index (χ1) is 10.6. The highest BCUT2D eigenvalue weighted by atomic mass is 32.1. The third kappa shape index (κ3) is 2.53. The third-order valence-corrected chi connectivity index (χ3v) is 3.78. The summed E-state index contributed by atoms with van der Waals surface area (Å²) in [6, 6.07) is 7.36. The van der Waals surface area contributed by atoms with E-state index in [4.69, 9.17) is 0 Å². The molecule has 1 amide bonds. The zero-order valence-corrected chi connectivity index (χ0v) is 12.6. The molecular formula is C13H12N6O2S. The van der Waals surface area contributed by atoms with Crippen molar-refractivity contribution in [2.75, 3.05) is 5.32 Å². The Hall–Kier alpha value is -2.81. The van der Waals surface area contributed by atoms with Gasteiger partial charge in [0.1, 0.15) is 4.88 Å². The predicted molar refractivity (Wildman–Crippen MR) is 81.9 cm³/mol. The first-order valence-electron chi connectivity index (χ1n) is 6.38. The summed E-state index contributed by atoms with van der Waals surface area (Å²) in [5.41, 5.74) is 1.61. The minimum absolute atomic E-state index is 0.0785. The van der Waals surface area contributed by atoms with Crippen molar-refractivity contribution in [1.29, 1.82) is 0 Å². The van der Waals surface area contributed by atoms with Crippen molar-refractivity contribution in [3.8, 4) is 10.6 Å². The average molecular weight is 316 g/mol. The molecule has 2 N–H and O–H groups in total. The molecule has 112 valence electrons. The average Bonchev–Trinajstić information content (AvgIpc) is 3.09. The summed E-state index contributed by atoms with van der Waals surface area (Å²) < 4.78 is 4.97. The van der Waals surface area contributed by atoms with Crippen LogP contribution in [0, 0.1) is 6.92 Å². The molecule has 22 heavy (non-hydrogen) atoms. The molecular weight excluding hydrogens is 304 g/mol. The Labute approximate surface area is 128 Å². The van der Waals surface area contributed by atoms with Gasteiger partial charge in [-0.1, -0.05) is 22.2 Å². The number of carbonyl (C=O) groups is 1. The highest BCUT2D eigenvalue weighted by molar-refractivity contribution is 7.09. The molecule has 0 radical (unpaired) electrons. The Morgan fingerprint density at radius 2 is 2.05 bits per heavy atom. The summed E-state index contributed by atoms with van der Waals surface area (Å²) in [7, 11) is 1.54. The highest BCUT2D eigenvalue weighted by Gasteiger charge is 2.22. The molecule has 0 bridgehead atoms. The molecule has 0 aliphatic carbocycles. The molecule has 0 aliphatic rings. The second kappa shape index (κ2) is 5.53. The molecule has 0 spiro atoms. The number of rotatable bonds is 3.